The van der Waals surface area contributed by atoms with Gasteiger partial charge in [-0.2, -0.15) is 4.98 Å². The molecule has 0 atom stereocenters. The van der Waals surface area contributed by atoms with Crippen LogP contribution in [0.25, 0.3) is 22.4 Å². The maximum Gasteiger partial charge on any atom is 0.346 e. The molecular weight excluding hydrogens is 284 g/mol. The van der Waals surface area contributed by atoms with E-state index in [1.165, 1.54) is 0 Å². The molecule has 0 bridgehead atoms. The first-order valence-corrected chi connectivity index (χ1v) is 5.78. The lowest BCUT2D eigenvalue weighted by Gasteiger charge is -2.01. The maximum atomic E-state index is 11.5. The molecule has 5 heteroatoms. The SMILES string of the molecule is O=c1nc(-c2ccc(Br)o2)c2ccccc2[nH]1. The van der Waals surface area contributed by atoms with Gasteiger partial charge in [-0.3, -0.25) is 0 Å². The van der Waals surface area contributed by atoms with Crippen molar-refractivity contribution < 1.29 is 4.42 Å². The molecule has 17 heavy (non-hydrogen) atoms. The van der Waals surface area contributed by atoms with Crippen molar-refractivity contribution in [1.29, 1.82) is 0 Å². The highest BCUT2D eigenvalue weighted by Crippen LogP contribution is 2.27. The Morgan fingerprint density at radius 2 is 2.00 bits per heavy atom. The molecule has 2 aromatic heterocycles. The molecule has 1 aromatic carbocycles. The van der Waals surface area contributed by atoms with Crippen LogP contribution in [0.15, 0.2) is 50.3 Å². The highest BCUT2D eigenvalue weighted by molar-refractivity contribution is 9.10. The van der Waals surface area contributed by atoms with Gasteiger partial charge in [0.05, 0.1) is 5.52 Å². The van der Waals surface area contributed by atoms with E-state index in [2.05, 4.69) is 25.9 Å². The highest BCUT2D eigenvalue weighted by Gasteiger charge is 2.10. The Hall–Kier alpha value is -1.88. The third-order valence-corrected chi connectivity index (χ3v) is 2.87. The largest absolute Gasteiger partial charge is 0.448 e. The van der Waals surface area contributed by atoms with Gasteiger partial charge in [0.1, 0.15) is 5.69 Å². The average Bonchev–Trinajstić information content (AvgIpc) is 2.74. The molecular formula is C12H7BrN2O2. The van der Waals surface area contributed by atoms with E-state index in [1.54, 1.807) is 12.1 Å². The summed E-state index contributed by atoms with van der Waals surface area (Å²) in [4.78, 5) is 18.1. The van der Waals surface area contributed by atoms with Gasteiger partial charge >= 0.3 is 5.69 Å². The molecule has 0 unspecified atom stereocenters. The fourth-order valence-corrected chi connectivity index (χ4v) is 2.04. The molecule has 0 aliphatic carbocycles. The summed E-state index contributed by atoms with van der Waals surface area (Å²) < 4.78 is 6.04. The predicted molar refractivity (Wildman–Crippen MR) is 67.8 cm³/mol. The fourth-order valence-electron chi connectivity index (χ4n) is 1.73. The molecule has 0 spiro atoms. The van der Waals surface area contributed by atoms with E-state index in [4.69, 9.17) is 4.42 Å². The van der Waals surface area contributed by atoms with Gasteiger partial charge in [0.25, 0.3) is 0 Å². The third-order valence-electron chi connectivity index (χ3n) is 2.44. The van der Waals surface area contributed by atoms with Crippen molar-refractivity contribution in [2.45, 2.75) is 0 Å². The highest BCUT2D eigenvalue weighted by atomic mass is 79.9. The molecule has 84 valence electrons. The number of nitrogens with one attached hydrogen (secondary N) is 1. The molecule has 0 saturated carbocycles. The lowest BCUT2D eigenvalue weighted by Crippen LogP contribution is -2.10. The third kappa shape index (κ3) is 1.78. The number of halogens is 1. The number of benzene rings is 1. The number of rotatable bonds is 1. The van der Waals surface area contributed by atoms with Crippen LogP contribution in [0.4, 0.5) is 0 Å². The van der Waals surface area contributed by atoms with Gasteiger partial charge < -0.3 is 9.40 Å². The standard InChI is InChI=1S/C12H7BrN2O2/c13-10-6-5-9(17-10)11-7-3-1-2-4-8(7)14-12(16)15-11/h1-6H,(H,14,15,16). The minimum Gasteiger partial charge on any atom is -0.448 e. The Bertz CT molecular complexity index is 745. The van der Waals surface area contributed by atoms with E-state index in [-0.39, 0.29) is 5.69 Å². The van der Waals surface area contributed by atoms with E-state index in [1.807, 2.05) is 24.3 Å². The summed E-state index contributed by atoms with van der Waals surface area (Å²) in [7, 11) is 0. The van der Waals surface area contributed by atoms with Crippen molar-refractivity contribution >= 4 is 26.8 Å². The van der Waals surface area contributed by atoms with E-state index in [9.17, 15) is 4.79 Å². The summed E-state index contributed by atoms with van der Waals surface area (Å²) in [5.41, 5.74) is 0.913. The lowest BCUT2D eigenvalue weighted by molar-refractivity contribution is 0.554. The van der Waals surface area contributed by atoms with E-state index < -0.39 is 0 Å². The number of hydrogen-bond donors (Lipinski definition) is 1. The molecule has 0 aliphatic heterocycles. The van der Waals surface area contributed by atoms with Gasteiger partial charge in [0.15, 0.2) is 10.4 Å². The van der Waals surface area contributed by atoms with Crippen molar-refractivity contribution in [3.05, 3.63) is 51.6 Å². The van der Waals surface area contributed by atoms with Gasteiger partial charge in [0.2, 0.25) is 0 Å². The Labute approximate surface area is 104 Å². The van der Waals surface area contributed by atoms with Gasteiger partial charge in [-0.05, 0) is 34.1 Å². The fraction of sp³-hybridized carbons (Fsp3) is 0. The molecule has 0 saturated heterocycles. The van der Waals surface area contributed by atoms with Gasteiger partial charge in [-0.1, -0.05) is 18.2 Å². The number of nitrogens with zero attached hydrogens (tertiary/aromatic N) is 1. The summed E-state index contributed by atoms with van der Waals surface area (Å²) in [5, 5.41) is 0.856. The molecule has 0 amide bonds. The monoisotopic (exact) mass is 290 g/mol. The number of H-pyrrole nitrogens is 1. The minimum atomic E-state index is -0.383. The van der Waals surface area contributed by atoms with Gasteiger partial charge in [0, 0.05) is 5.39 Å². The number of hydrogen-bond acceptors (Lipinski definition) is 3. The summed E-state index contributed by atoms with van der Waals surface area (Å²) in [6.45, 7) is 0. The summed E-state index contributed by atoms with van der Waals surface area (Å²) in [6.07, 6.45) is 0. The topological polar surface area (TPSA) is 58.9 Å². The first-order valence-electron chi connectivity index (χ1n) is 4.99. The molecule has 0 fully saturated rings. The second-order valence-corrected chi connectivity index (χ2v) is 4.32. The van der Waals surface area contributed by atoms with Crippen LogP contribution in [0.5, 0.6) is 0 Å². The quantitative estimate of drug-likeness (QED) is 0.750. The molecule has 1 N–H and O–H groups in total. The van der Waals surface area contributed by atoms with Crippen molar-refractivity contribution in [3.8, 4) is 11.5 Å². The maximum absolute atomic E-state index is 11.5. The first-order chi connectivity index (χ1) is 8.24. The van der Waals surface area contributed by atoms with Crippen LogP contribution in [0.3, 0.4) is 0 Å². The van der Waals surface area contributed by atoms with Crippen LogP contribution >= 0.6 is 15.9 Å². The minimum absolute atomic E-state index is 0.383. The van der Waals surface area contributed by atoms with Crippen LogP contribution in [-0.2, 0) is 0 Å². The van der Waals surface area contributed by atoms with Gasteiger partial charge in [-0.25, -0.2) is 4.79 Å². The summed E-state index contributed by atoms with van der Waals surface area (Å²) >= 11 is 3.23. The number of fused-ring (bicyclic) bond motifs is 1. The predicted octanol–water partition coefficient (Wildman–Crippen LogP) is 2.95. The van der Waals surface area contributed by atoms with E-state index in [0.29, 0.717) is 16.1 Å². The van der Waals surface area contributed by atoms with Crippen LogP contribution in [-0.4, -0.2) is 9.97 Å². The zero-order valence-electron chi connectivity index (χ0n) is 8.61. The molecule has 2 heterocycles. The molecule has 0 radical (unpaired) electrons. The van der Waals surface area contributed by atoms with Crippen LogP contribution < -0.4 is 5.69 Å². The molecule has 0 aliphatic rings. The van der Waals surface area contributed by atoms with E-state index in [0.717, 1.165) is 10.9 Å². The summed E-state index contributed by atoms with van der Waals surface area (Å²) in [6, 6.07) is 11.0. The van der Waals surface area contributed by atoms with Crippen molar-refractivity contribution in [2.75, 3.05) is 0 Å². The number of aromatic amines is 1. The molecule has 3 aromatic rings. The first kappa shape index (κ1) is 10.3. The summed E-state index contributed by atoms with van der Waals surface area (Å²) in [5.74, 6) is 0.569. The van der Waals surface area contributed by atoms with E-state index >= 15 is 0 Å². The number of aromatic nitrogens is 2. The number of para-hydroxylation sites is 1. The number of furan rings is 1. The second-order valence-electron chi connectivity index (χ2n) is 3.54. The molecule has 3 rings (SSSR count). The van der Waals surface area contributed by atoms with Crippen molar-refractivity contribution in [1.82, 2.24) is 9.97 Å². The Morgan fingerprint density at radius 3 is 2.76 bits per heavy atom. The van der Waals surface area contributed by atoms with Gasteiger partial charge in [-0.15, -0.1) is 0 Å². The van der Waals surface area contributed by atoms with Crippen molar-refractivity contribution in [2.24, 2.45) is 0 Å². The Kier molecular flexibility index (Phi) is 2.33. The molecule has 4 nitrogen and oxygen atoms in total. The average molecular weight is 291 g/mol. The van der Waals surface area contributed by atoms with Crippen LogP contribution in [0, 0.1) is 0 Å². The Balaban J connectivity index is 2.39. The normalized spacial score (nSPS) is 10.9. The Morgan fingerprint density at radius 1 is 1.18 bits per heavy atom. The van der Waals surface area contributed by atoms with Crippen molar-refractivity contribution in [3.63, 3.8) is 0 Å². The zero-order chi connectivity index (χ0) is 11.8. The smallest absolute Gasteiger partial charge is 0.346 e. The van der Waals surface area contributed by atoms with Crippen LogP contribution in [0.1, 0.15) is 0 Å². The van der Waals surface area contributed by atoms with Crippen LogP contribution in [0.2, 0.25) is 0 Å². The lowest BCUT2D eigenvalue weighted by atomic mass is 10.1. The second kappa shape index (κ2) is 3.85. The zero-order valence-corrected chi connectivity index (χ0v) is 10.2.